The number of carbonyl (C=O) groups is 4. The van der Waals surface area contributed by atoms with Crippen LogP contribution in [-0.2, 0) is 25.6 Å². The Kier molecular flexibility index (Phi) is 11.2. The standard InChI is InChI=1S/C16H26N6O5S2/c1-29-3-2-10(17)14(25)21-11(4-9-5-18-8-20-9)16(27)22-12(7-28)15(26)19-6-13(23)24/h5,8,10-12,28H,2-4,6-7,17H2,1H3,(H,18,20)(H,19,26)(H,21,25)(H,22,27)(H,23,24). The molecule has 3 amide bonds. The van der Waals surface area contributed by atoms with Gasteiger partial charge in [-0.3, -0.25) is 19.2 Å². The fraction of sp³-hybridized carbons (Fsp3) is 0.562. The van der Waals surface area contributed by atoms with E-state index >= 15 is 0 Å². The van der Waals surface area contributed by atoms with Crippen LogP contribution >= 0.6 is 24.4 Å². The maximum atomic E-state index is 12.7. The van der Waals surface area contributed by atoms with E-state index in [1.165, 1.54) is 12.5 Å². The van der Waals surface area contributed by atoms with Crippen molar-refractivity contribution in [3.63, 3.8) is 0 Å². The molecule has 0 aliphatic carbocycles. The highest BCUT2D eigenvalue weighted by Gasteiger charge is 2.28. The van der Waals surface area contributed by atoms with Crippen LogP contribution in [-0.4, -0.2) is 81.2 Å². The van der Waals surface area contributed by atoms with E-state index in [2.05, 4.69) is 38.5 Å². The molecule has 3 unspecified atom stereocenters. The number of hydrogen-bond acceptors (Lipinski definition) is 8. The monoisotopic (exact) mass is 446 g/mol. The number of carboxylic acid groups (broad SMARTS) is 1. The van der Waals surface area contributed by atoms with E-state index in [9.17, 15) is 19.2 Å². The lowest BCUT2D eigenvalue weighted by Crippen LogP contribution is -2.57. The number of thiol groups is 1. The number of nitrogens with zero attached hydrogens (tertiary/aromatic N) is 1. The van der Waals surface area contributed by atoms with Crippen LogP contribution in [0.4, 0.5) is 0 Å². The average molecular weight is 447 g/mol. The normalized spacial score (nSPS) is 13.8. The lowest BCUT2D eigenvalue weighted by Gasteiger charge is -2.23. The van der Waals surface area contributed by atoms with E-state index in [1.54, 1.807) is 11.8 Å². The van der Waals surface area contributed by atoms with E-state index in [4.69, 9.17) is 10.8 Å². The first-order valence-corrected chi connectivity index (χ1v) is 10.7. The summed E-state index contributed by atoms with van der Waals surface area (Å²) >= 11 is 5.57. The van der Waals surface area contributed by atoms with E-state index in [0.29, 0.717) is 17.9 Å². The zero-order valence-corrected chi connectivity index (χ0v) is 17.6. The van der Waals surface area contributed by atoms with Crippen LogP contribution in [0.3, 0.4) is 0 Å². The number of rotatable bonds is 13. The highest BCUT2D eigenvalue weighted by molar-refractivity contribution is 7.98. The zero-order chi connectivity index (χ0) is 21.8. The van der Waals surface area contributed by atoms with Gasteiger partial charge in [0.1, 0.15) is 18.6 Å². The second kappa shape index (κ2) is 13.1. The van der Waals surface area contributed by atoms with Gasteiger partial charge in [-0.25, -0.2) is 4.98 Å². The Morgan fingerprint density at radius 1 is 1.24 bits per heavy atom. The molecule has 13 heteroatoms. The number of amides is 3. The van der Waals surface area contributed by atoms with Gasteiger partial charge in [0.2, 0.25) is 17.7 Å². The first kappa shape index (κ1) is 24.8. The molecule has 1 rings (SSSR count). The van der Waals surface area contributed by atoms with Crippen molar-refractivity contribution in [2.24, 2.45) is 5.73 Å². The summed E-state index contributed by atoms with van der Waals surface area (Å²) in [7, 11) is 0. The quantitative estimate of drug-likeness (QED) is 0.172. The van der Waals surface area contributed by atoms with Gasteiger partial charge < -0.3 is 31.8 Å². The van der Waals surface area contributed by atoms with Gasteiger partial charge in [0.05, 0.1) is 12.4 Å². The minimum Gasteiger partial charge on any atom is -0.480 e. The van der Waals surface area contributed by atoms with Crippen molar-refractivity contribution >= 4 is 48.1 Å². The minimum absolute atomic E-state index is 0.0604. The van der Waals surface area contributed by atoms with Crippen LogP contribution < -0.4 is 21.7 Å². The van der Waals surface area contributed by atoms with Gasteiger partial charge in [-0.1, -0.05) is 0 Å². The fourth-order valence-corrected chi connectivity index (χ4v) is 2.98. The van der Waals surface area contributed by atoms with E-state index in [0.717, 1.165) is 0 Å². The van der Waals surface area contributed by atoms with Crippen molar-refractivity contribution in [1.82, 2.24) is 25.9 Å². The maximum Gasteiger partial charge on any atom is 0.322 e. The van der Waals surface area contributed by atoms with Crippen LogP contribution in [0.15, 0.2) is 12.5 Å². The third-order valence-electron chi connectivity index (χ3n) is 3.81. The van der Waals surface area contributed by atoms with Crippen LogP contribution in [0, 0.1) is 0 Å². The van der Waals surface area contributed by atoms with Gasteiger partial charge in [0.15, 0.2) is 0 Å². The van der Waals surface area contributed by atoms with Crippen molar-refractivity contribution in [3.05, 3.63) is 18.2 Å². The number of nitrogens with one attached hydrogen (secondary N) is 4. The molecular formula is C16H26N6O5S2. The van der Waals surface area contributed by atoms with Crippen molar-refractivity contribution in [2.75, 3.05) is 24.3 Å². The summed E-state index contributed by atoms with van der Waals surface area (Å²) < 4.78 is 0. The molecule has 0 saturated heterocycles. The Bertz CT molecular complexity index is 687. The SMILES string of the molecule is CSCCC(N)C(=O)NC(Cc1cnc[nH]1)C(=O)NC(CS)C(=O)NCC(=O)O. The number of imidazole rings is 1. The highest BCUT2D eigenvalue weighted by atomic mass is 32.2. The smallest absolute Gasteiger partial charge is 0.322 e. The van der Waals surface area contributed by atoms with Gasteiger partial charge in [-0.05, 0) is 18.4 Å². The molecule has 0 aliphatic heterocycles. The summed E-state index contributed by atoms with van der Waals surface area (Å²) in [5.41, 5.74) is 6.46. The summed E-state index contributed by atoms with van der Waals surface area (Å²) in [6, 6.07) is -2.87. The third-order valence-corrected chi connectivity index (χ3v) is 4.82. The van der Waals surface area contributed by atoms with E-state index in [1.807, 2.05) is 6.26 Å². The Hall–Kier alpha value is -2.25. The minimum atomic E-state index is -1.22. The second-order valence-corrected chi connectivity index (χ2v) is 7.44. The summed E-state index contributed by atoms with van der Waals surface area (Å²) in [6.45, 7) is -0.586. The predicted octanol–water partition coefficient (Wildman–Crippen LogP) is -1.87. The number of H-pyrrole nitrogens is 1. The van der Waals surface area contributed by atoms with Crippen molar-refractivity contribution < 1.29 is 24.3 Å². The molecule has 3 atom stereocenters. The van der Waals surface area contributed by atoms with Crippen molar-refractivity contribution in [1.29, 1.82) is 0 Å². The lowest BCUT2D eigenvalue weighted by molar-refractivity contribution is -0.138. The van der Waals surface area contributed by atoms with Gasteiger partial charge in [-0.15, -0.1) is 0 Å². The van der Waals surface area contributed by atoms with Gasteiger partial charge in [-0.2, -0.15) is 24.4 Å². The number of aromatic amines is 1. The topological polar surface area (TPSA) is 179 Å². The third kappa shape index (κ3) is 9.19. The molecule has 0 bridgehead atoms. The molecule has 29 heavy (non-hydrogen) atoms. The highest BCUT2D eigenvalue weighted by Crippen LogP contribution is 2.03. The Labute approximate surface area is 177 Å². The number of nitrogens with two attached hydrogens (primary N) is 1. The summed E-state index contributed by atoms with van der Waals surface area (Å²) in [5.74, 6) is -2.40. The molecule has 0 saturated carbocycles. The number of aromatic nitrogens is 2. The van der Waals surface area contributed by atoms with Crippen LogP contribution in [0.1, 0.15) is 12.1 Å². The van der Waals surface area contributed by atoms with Gasteiger partial charge in [0.25, 0.3) is 0 Å². The molecule has 0 radical (unpaired) electrons. The largest absolute Gasteiger partial charge is 0.480 e. The molecule has 162 valence electrons. The molecule has 1 aromatic rings. The number of carboxylic acids is 1. The van der Waals surface area contributed by atoms with Crippen molar-refractivity contribution in [2.45, 2.75) is 31.0 Å². The molecule has 0 aliphatic rings. The van der Waals surface area contributed by atoms with Gasteiger partial charge >= 0.3 is 5.97 Å². The Morgan fingerprint density at radius 3 is 2.48 bits per heavy atom. The summed E-state index contributed by atoms with van der Waals surface area (Å²) in [4.78, 5) is 54.4. The van der Waals surface area contributed by atoms with Crippen LogP contribution in [0.25, 0.3) is 0 Å². The number of hydrogen-bond donors (Lipinski definition) is 7. The molecule has 0 fully saturated rings. The number of aliphatic carboxylic acids is 1. The van der Waals surface area contributed by atoms with Gasteiger partial charge in [0, 0.05) is 24.1 Å². The molecule has 11 nitrogen and oxygen atoms in total. The second-order valence-electron chi connectivity index (χ2n) is 6.09. The summed E-state index contributed by atoms with van der Waals surface area (Å²) in [5, 5.41) is 15.9. The average Bonchev–Trinajstić information content (AvgIpc) is 3.20. The number of thioether (sulfide) groups is 1. The molecular weight excluding hydrogens is 420 g/mol. The fourth-order valence-electron chi connectivity index (χ4n) is 2.23. The molecule has 0 aromatic carbocycles. The predicted molar refractivity (Wildman–Crippen MR) is 112 cm³/mol. The maximum absolute atomic E-state index is 12.7. The lowest BCUT2D eigenvalue weighted by atomic mass is 10.1. The molecule has 1 heterocycles. The van der Waals surface area contributed by atoms with E-state index < -0.39 is 48.4 Å². The zero-order valence-electron chi connectivity index (χ0n) is 15.9. The molecule has 1 aromatic heterocycles. The Morgan fingerprint density at radius 2 is 1.93 bits per heavy atom. The van der Waals surface area contributed by atoms with Crippen LogP contribution in [0.5, 0.6) is 0 Å². The summed E-state index contributed by atoms with van der Waals surface area (Å²) in [6.07, 6.45) is 5.39. The first-order valence-electron chi connectivity index (χ1n) is 8.71. The molecule has 7 N–H and O–H groups in total. The number of carbonyl (C=O) groups excluding carboxylic acids is 3. The van der Waals surface area contributed by atoms with Crippen molar-refractivity contribution in [3.8, 4) is 0 Å². The Balaban J connectivity index is 2.81. The van der Waals surface area contributed by atoms with E-state index in [-0.39, 0.29) is 12.2 Å². The van der Waals surface area contributed by atoms with Crippen LogP contribution in [0.2, 0.25) is 0 Å². The molecule has 0 spiro atoms. The first-order chi connectivity index (χ1) is 13.8.